The van der Waals surface area contributed by atoms with Gasteiger partial charge in [0.25, 0.3) is 5.91 Å². The second kappa shape index (κ2) is 11.5. The van der Waals surface area contributed by atoms with E-state index in [9.17, 15) is 19.5 Å². The lowest BCUT2D eigenvalue weighted by atomic mass is 9.75. The van der Waals surface area contributed by atoms with Crippen molar-refractivity contribution in [3.63, 3.8) is 0 Å². The van der Waals surface area contributed by atoms with Gasteiger partial charge in [-0.25, -0.2) is 0 Å². The number of amides is 2. The van der Waals surface area contributed by atoms with Gasteiger partial charge in [0.15, 0.2) is 0 Å². The molecule has 1 spiro atoms. The molecule has 1 N–H and O–H groups in total. The number of fused-ring (bicyclic) bond motifs is 2. The van der Waals surface area contributed by atoms with Gasteiger partial charge in [-0.3, -0.25) is 14.4 Å². The zero-order chi connectivity index (χ0) is 30.4. The summed E-state index contributed by atoms with van der Waals surface area (Å²) >= 11 is 1.51. The second-order valence-corrected chi connectivity index (χ2v) is 13.6. The smallest absolute Gasteiger partial charge is 0.311 e. The molecular formula is C34H39N3O5S. The summed E-state index contributed by atoms with van der Waals surface area (Å²) in [4.78, 5) is 48.5. The van der Waals surface area contributed by atoms with E-state index in [4.69, 9.17) is 4.74 Å². The van der Waals surface area contributed by atoms with E-state index in [-0.39, 0.29) is 25.0 Å². The van der Waals surface area contributed by atoms with Gasteiger partial charge in [-0.2, -0.15) is 0 Å². The van der Waals surface area contributed by atoms with E-state index in [1.807, 2.05) is 85.8 Å². The molecular weight excluding hydrogens is 562 g/mol. The van der Waals surface area contributed by atoms with Crippen molar-refractivity contribution in [1.82, 2.24) is 4.90 Å². The highest BCUT2D eigenvalue weighted by Crippen LogP contribution is 2.65. The van der Waals surface area contributed by atoms with Crippen LogP contribution in [-0.4, -0.2) is 82.2 Å². The van der Waals surface area contributed by atoms with Crippen molar-refractivity contribution < 1.29 is 24.2 Å². The van der Waals surface area contributed by atoms with Gasteiger partial charge in [0.05, 0.1) is 29.2 Å². The van der Waals surface area contributed by atoms with Gasteiger partial charge in [0.2, 0.25) is 5.91 Å². The van der Waals surface area contributed by atoms with Crippen LogP contribution < -0.4 is 9.80 Å². The summed E-state index contributed by atoms with van der Waals surface area (Å²) in [6.07, 6.45) is 8.13. The van der Waals surface area contributed by atoms with Crippen LogP contribution in [0.5, 0.6) is 0 Å². The number of benzene rings is 2. The minimum Gasteiger partial charge on any atom is -0.461 e. The maximum Gasteiger partial charge on any atom is 0.311 e. The number of hydrogen-bond acceptors (Lipinski definition) is 7. The first-order valence-corrected chi connectivity index (χ1v) is 15.9. The van der Waals surface area contributed by atoms with Gasteiger partial charge in [-0.1, -0.05) is 48.6 Å². The molecule has 4 heterocycles. The molecule has 226 valence electrons. The lowest BCUT2D eigenvalue weighted by Gasteiger charge is -2.39. The molecule has 8 nitrogen and oxygen atoms in total. The number of ether oxygens (including phenoxy) is 1. The molecule has 0 aromatic heterocycles. The van der Waals surface area contributed by atoms with Crippen LogP contribution in [0.2, 0.25) is 0 Å². The van der Waals surface area contributed by atoms with E-state index in [1.165, 1.54) is 11.8 Å². The predicted molar refractivity (Wildman–Crippen MR) is 169 cm³/mol. The van der Waals surface area contributed by atoms with Crippen molar-refractivity contribution in [3.8, 4) is 0 Å². The van der Waals surface area contributed by atoms with Crippen molar-refractivity contribution in [2.75, 3.05) is 42.6 Å². The maximum atomic E-state index is 14.8. The van der Waals surface area contributed by atoms with Crippen molar-refractivity contribution >= 4 is 40.9 Å². The Hall–Kier alpha value is -3.56. The molecule has 2 amide bonds. The fourth-order valence-corrected chi connectivity index (χ4v) is 9.63. The quantitative estimate of drug-likeness (QED) is 0.363. The lowest BCUT2D eigenvalue weighted by Crippen LogP contribution is -2.57. The monoisotopic (exact) mass is 601 g/mol. The molecule has 2 aromatic rings. The first-order chi connectivity index (χ1) is 20.8. The molecule has 0 radical (unpaired) electrons. The number of aliphatic hydroxyl groups excluding tert-OH is 1. The molecule has 0 bridgehead atoms. The van der Waals surface area contributed by atoms with E-state index in [2.05, 4.69) is 18.7 Å². The van der Waals surface area contributed by atoms with Crippen molar-refractivity contribution in [2.24, 2.45) is 11.8 Å². The Morgan fingerprint density at radius 2 is 1.70 bits per heavy atom. The van der Waals surface area contributed by atoms with Crippen LogP contribution in [0, 0.1) is 11.8 Å². The molecule has 0 aliphatic carbocycles. The highest BCUT2D eigenvalue weighted by atomic mass is 32.2. The molecule has 2 saturated heterocycles. The normalized spacial score (nSPS) is 30.3. The summed E-state index contributed by atoms with van der Waals surface area (Å²) in [5, 5.41) is 10.7. The number of hydrogen-bond donors (Lipinski definition) is 1. The van der Waals surface area contributed by atoms with E-state index < -0.39 is 39.4 Å². The molecule has 9 heteroatoms. The van der Waals surface area contributed by atoms with Crippen LogP contribution in [0.4, 0.5) is 11.4 Å². The first kappa shape index (κ1) is 29.5. The summed E-state index contributed by atoms with van der Waals surface area (Å²) in [5.74, 6) is -2.49. The Kier molecular flexibility index (Phi) is 7.89. The third-order valence-electron chi connectivity index (χ3n) is 9.46. The van der Waals surface area contributed by atoms with Crippen LogP contribution in [0.25, 0.3) is 0 Å². The Labute approximate surface area is 257 Å². The Balaban J connectivity index is 1.45. The fraction of sp³-hybridized carbons (Fsp3) is 0.441. The van der Waals surface area contributed by atoms with Crippen molar-refractivity contribution in [3.05, 3.63) is 84.5 Å². The van der Waals surface area contributed by atoms with E-state index in [0.29, 0.717) is 13.0 Å². The number of likely N-dealkylation sites (tertiary alicyclic amines) is 1. The van der Waals surface area contributed by atoms with Crippen LogP contribution in [0.15, 0.2) is 78.9 Å². The minimum atomic E-state index is -1.01. The van der Waals surface area contributed by atoms with E-state index >= 15 is 0 Å². The number of nitrogens with zero attached hydrogens (tertiary/aromatic N) is 3. The zero-order valence-electron chi connectivity index (χ0n) is 24.9. The number of anilines is 2. The average molecular weight is 602 g/mol. The van der Waals surface area contributed by atoms with E-state index in [1.54, 1.807) is 9.80 Å². The SMILES string of the molecule is CCN(CC)c1ccc(N2CC=C[C@]34S[C@@]5(C)C=CCOC(=O)[C@H]5[C@H]3C(=O)N([C@@H](CO)Cc3ccccc3)C4C2=O)cc1. The van der Waals surface area contributed by atoms with Gasteiger partial charge in [0, 0.05) is 35.8 Å². The molecule has 1 unspecified atom stereocenters. The number of thioether (sulfide) groups is 1. The fourth-order valence-electron chi connectivity index (χ4n) is 7.49. The third-order valence-corrected chi connectivity index (χ3v) is 11.3. The number of cyclic esters (lactones) is 1. The molecule has 0 saturated carbocycles. The number of rotatable bonds is 8. The Morgan fingerprint density at radius 1 is 0.977 bits per heavy atom. The topological polar surface area (TPSA) is 90.4 Å². The summed E-state index contributed by atoms with van der Waals surface area (Å²) < 4.78 is 3.82. The molecule has 2 fully saturated rings. The molecule has 4 aliphatic heterocycles. The van der Waals surface area contributed by atoms with Crippen LogP contribution >= 0.6 is 11.8 Å². The summed E-state index contributed by atoms with van der Waals surface area (Å²) in [6, 6.07) is 16.1. The van der Waals surface area contributed by atoms with Gasteiger partial charge in [-0.05, 0) is 63.1 Å². The Morgan fingerprint density at radius 3 is 2.37 bits per heavy atom. The average Bonchev–Trinajstić information content (AvgIpc) is 3.28. The van der Waals surface area contributed by atoms with Crippen LogP contribution in [0.1, 0.15) is 26.3 Å². The molecule has 2 aromatic carbocycles. The van der Waals surface area contributed by atoms with Gasteiger partial charge in [0.1, 0.15) is 12.6 Å². The van der Waals surface area contributed by atoms with Gasteiger partial charge >= 0.3 is 5.97 Å². The summed E-state index contributed by atoms with van der Waals surface area (Å²) in [6.45, 7) is 8.12. The van der Waals surface area contributed by atoms with Crippen molar-refractivity contribution in [2.45, 2.75) is 48.8 Å². The summed E-state index contributed by atoms with van der Waals surface area (Å²) in [7, 11) is 0. The molecule has 6 rings (SSSR count). The molecule has 6 atom stereocenters. The maximum absolute atomic E-state index is 14.8. The van der Waals surface area contributed by atoms with E-state index in [0.717, 1.165) is 30.0 Å². The number of aliphatic hydroxyl groups is 1. The number of esters is 1. The predicted octanol–water partition coefficient (Wildman–Crippen LogP) is 3.84. The van der Waals surface area contributed by atoms with Crippen LogP contribution in [-0.2, 0) is 25.5 Å². The second-order valence-electron chi connectivity index (χ2n) is 11.8. The van der Waals surface area contributed by atoms with Gasteiger partial charge < -0.3 is 24.5 Å². The lowest BCUT2D eigenvalue weighted by molar-refractivity contribution is -0.153. The number of carbonyl (C=O) groups is 3. The molecule has 43 heavy (non-hydrogen) atoms. The van der Waals surface area contributed by atoms with Gasteiger partial charge in [-0.15, -0.1) is 11.8 Å². The highest BCUT2D eigenvalue weighted by molar-refractivity contribution is 8.02. The first-order valence-electron chi connectivity index (χ1n) is 15.1. The van der Waals surface area contributed by atoms with Crippen molar-refractivity contribution in [1.29, 1.82) is 0 Å². The standard InChI is InChI=1S/C34H39N3O5S/c1-4-35(5-2)24-13-15-25(16-14-24)36-19-9-18-34-27(28-32(41)42-20-10-17-33(28,3)43-34)30(39)37(29(34)31(36)40)26(22-38)21-23-11-7-6-8-12-23/h6-18,26-29,38H,4-5,19-22H2,1-3H3/t26-,27+,28-,29?,33+,34+/m1/s1. The Bertz CT molecular complexity index is 1440. The zero-order valence-corrected chi connectivity index (χ0v) is 25.7. The summed E-state index contributed by atoms with van der Waals surface area (Å²) in [5.41, 5.74) is 2.77. The number of carbonyl (C=O) groups excluding carboxylic acids is 3. The molecule has 4 aliphatic rings. The van der Waals surface area contributed by atoms with Crippen LogP contribution in [0.3, 0.4) is 0 Å². The highest BCUT2D eigenvalue weighted by Gasteiger charge is 2.74. The third kappa shape index (κ3) is 4.77. The minimum absolute atomic E-state index is 0.159. The largest absolute Gasteiger partial charge is 0.461 e.